The predicted molar refractivity (Wildman–Crippen MR) is 106 cm³/mol. The quantitative estimate of drug-likeness (QED) is 0.726. The van der Waals surface area contributed by atoms with Crippen LogP contribution in [0.4, 0.5) is 5.69 Å². The first-order valence-corrected chi connectivity index (χ1v) is 8.55. The lowest BCUT2D eigenvalue weighted by molar-refractivity contribution is -0.116. The molecule has 1 unspecified atom stereocenters. The van der Waals surface area contributed by atoms with Crippen LogP contribution in [0.2, 0.25) is 0 Å². The van der Waals surface area contributed by atoms with Gasteiger partial charge in [0.25, 0.3) is 5.91 Å². The van der Waals surface area contributed by atoms with Crippen LogP contribution < -0.4 is 16.4 Å². The lowest BCUT2D eigenvalue weighted by Gasteiger charge is -2.14. The average Bonchev–Trinajstić information content (AvgIpc) is 3.41. The number of carbonyl (C=O) groups is 2. The molecule has 6 heteroatoms. The third kappa shape index (κ3) is 5.31. The maximum Gasteiger partial charge on any atom is 0.251 e. The van der Waals surface area contributed by atoms with E-state index in [2.05, 4.69) is 10.6 Å². The number of nitrogens with two attached hydrogens (primary N) is 1. The van der Waals surface area contributed by atoms with E-state index in [4.69, 9.17) is 5.73 Å². The van der Waals surface area contributed by atoms with Gasteiger partial charge in [0.2, 0.25) is 5.91 Å². The molecule has 0 aliphatic heterocycles. The molecule has 26 heavy (non-hydrogen) atoms. The van der Waals surface area contributed by atoms with Crippen LogP contribution in [0.25, 0.3) is 0 Å². The zero-order chi connectivity index (χ0) is 17.8. The van der Waals surface area contributed by atoms with Crippen LogP contribution >= 0.6 is 12.4 Å². The number of amides is 2. The van der Waals surface area contributed by atoms with Crippen LogP contribution in [0.3, 0.4) is 0 Å². The number of nitrogens with one attached hydrogen (secondary N) is 2. The minimum atomic E-state index is -0.358. The molecule has 3 rings (SSSR count). The summed E-state index contributed by atoms with van der Waals surface area (Å²) in [5.74, 6) is -0.266. The zero-order valence-electron chi connectivity index (χ0n) is 14.7. The highest BCUT2D eigenvalue weighted by molar-refractivity contribution is 5.98. The van der Waals surface area contributed by atoms with Crippen molar-refractivity contribution in [1.82, 2.24) is 5.32 Å². The van der Waals surface area contributed by atoms with Crippen molar-refractivity contribution in [2.75, 3.05) is 5.32 Å². The summed E-state index contributed by atoms with van der Waals surface area (Å²) in [6.07, 6.45) is 2.26. The van der Waals surface area contributed by atoms with E-state index in [-0.39, 0.29) is 36.7 Å². The van der Waals surface area contributed by atoms with Crippen molar-refractivity contribution in [3.05, 3.63) is 65.2 Å². The molecular formula is C20H24ClN3O2. The monoisotopic (exact) mass is 373 g/mol. The number of aryl methyl sites for hydroxylation is 1. The van der Waals surface area contributed by atoms with Gasteiger partial charge in [-0.1, -0.05) is 36.4 Å². The number of hydrogen-bond acceptors (Lipinski definition) is 3. The summed E-state index contributed by atoms with van der Waals surface area (Å²) in [4.78, 5) is 24.5. The molecule has 0 radical (unpaired) electrons. The van der Waals surface area contributed by atoms with Crippen LogP contribution in [0, 0.1) is 6.92 Å². The van der Waals surface area contributed by atoms with Gasteiger partial charge in [0.05, 0.1) is 0 Å². The third-order valence-corrected chi connectivity index (χ3v) is 4.32. The Morgan fingerprint density at radius 1 is 1.15 bits per heavy atom. The Hall–Kier alpha value is -2.37. The van der Waals surface area contributed by atoms with E-state index in [1.165, 1.54) is 0 Å². The van der Waals surface area contributed by atoms with Gasteiger partial charge in [-0.05, 0) is 43.0 Å². The van der Waals surface area contributed by atoms with Crippen LogP contribution in [-0.2, 0) is 4.79 Å². The van der Waals surface area contributed by atoms with Gasteiger partial charge in [0.1, 0.15) is 0 Å². The minimum absolute atomic E-state index is 0. The maximum atomic E-state index is 12.3. The molecule has 0 bridgehead atoms. The van der Waals surface area contributed by atoms with E-state index in [1.54, 1.807) is 12.1 Å². The number of rotatable bonds is 6. The Balaban J connectivity index is 0.00000243. The summed E-state index contributed by atoms with van der Waals surface area (Å²) in [5.41, 5.74) is 9.14. The molecule has 1 aliphatic carbocycles. The number of carbonyl (C=O) groups excluding carboxylic acids is 2. The molecule has 2 amide bonds. The van der Waals surface area contributed by atoms with Crippen LogP contribution in [-0.4, -0.2) is 17.9 Å². The molecule has 1 fully saturated rings. The summed E-state index contributed by atoms with van der Waals surface area (Å²) in [6.45, 7) is 1.90. The predicted octanol–water partition coefficient (Wildman–Crippen LogP) is 3.34. The first kappa shape index (κ1) is 19.9. The second kappa shape index (κ2) is 8.83. The van der Waals surface area contributed by atoms with E-state index in [1.807, 2.05) is 43.3 Å². The molecular weight excluding hydrogens is 350 g/mol. The number of anilines is 1. The van der Waals surface area contributed by atoms with Crippen molar-refractivity contribution in [3.63, 3.8) is 0 Å². The Morgan fingerprint density at radius 2 is 1.85 bits per heavy atom. The molecule has 138 valence electrons. The highest BCUT2D eigenvalue weighted by Crippen LogP contribution is 2.22. The van der Waals surface area contributed by atoms with Gasteiger partial charge in [0.15, 0.2) is 0 Å². The van der Waals surface area contributed by atoms with E-state index in [9.17, 15) is 9.59 Å². The summed E-state index contributed by atoms with van der Waals surface area (Å²) >= 11 is 0. The van der Waals surface area contributed by atoms with Gasteiger partial charge in [0, 0.05) is 29.8 Å². The topological polar surface area (TPSA) is 84.2 Å². The molecule has 0 heterocycles. The number of halogens is 1. The normalized spacial score (nSPS) is 14.1. The van der Waals surface area contributed by atoms with Crippen molar-refractivity contribution in [2.45, 2.75) is 38.3 Å². The van der Waals surface area contributed by atoms with Gasteiger partial charge < -0.3 is 16.4 Å². The molecule has 0 spiro atoms. The van der Waals surface area contributed by atoms with E-state index >= 15 is 0 Å². The van der Waals surface area contributed by atoms with Gasteiger partial charge >= 0.3 is 0 Å². The van der Waals surface area contributed by atoms with Crippen molar-refractivity contribution in [2.24, 2.45) is 5.73 Å². The molecule has 1 saturated carbocycles. The first-order valence-electron chi connectivity index (χ1n) is 8.55. The lowest BCUT2D eigenvalue weighted by Crippen LogP contribution is -2.25. The Morgan fingerprint density at radius 3 is 2.50 bits per heavy atom. The van der Waals surface area contributed by atoms with Gasteiger partial charge in [-0.3, -0.25) is 9.59 Å². The molecule has 5 nitrogen and oxygen atoms in total. The molecule has 2 aromatic carbocycles. The van der Waals surface area contributed by atoms with Gasteiger partial charge in [-0.25, -0.2) is 0 Å². The SMILES string of the molecule is Cc1ccc(C(=O)NC2CC2)cc1NC(=O)CC(N)c1ccccc1.Cl. The summed E-state index contributed by atoms with van der Waals surface area (Å²) in [6, 6.07) is 14.8. The Kier molecular flexibility index (Phi) is 6.77. The zero-order valence-corrected chi connectivity index (χ0v) is 15.5. The van der Waals surface area contributed by atoms with E-state index < -0.39 is 0 Å². The largest absolute Gasteiger partial charge is 0.349 e. The van der Waals surface area contributed by atoms with Gasteiger partial charge in [-0.2, -0.15) is 0 Å². The molecule has 1 atom stereocenters. The third-order valence-electron chi connectivity index (χ3n) is 4.32. The van der Waals surface area contributed by atoms with E-state index in [0.717, 1.165) is 24.0 Å². The van der Waals surface area contributed by atoms with Crippen LogP contribution in [0.1, 0.15) is 46.8 Å². The smallest absolute Gasteiger partial charge is 0.251 e. The second-order valence-electron chi connectivity index (χ2n) is 6.55. The van der Waals surface area contributed by atoms with Crippen molar-refractivity contribution >= 4 is 29.9 Å². The highest BCUT2D eigenvalue weighted by Gasteiger charge is 2.24. The fraction of sp³-hybridized carbons (Fsp3) is 0.300. The standard InChI is InChI=1S/C20H23N3O2.ClH/c1-13-7-8-15(20(25)22-16-9-10-16)11-18(13)23-19(24)12-17(21)14-5-3-2-4-6-14;/h2-8,11,16-17H,9-10,12,21H2,1H3,(H,22,25)(H,23,24);1H. The minimum Gasteiger partial charge on any atom is -0.349 e. The fourth-order valence-corrected chi connectivity index (χ4v) is 2.61. The van der Waals surface area contributed by atoms with Gasteiger partial charge in [-0.15, -0.1) is 12.4 Å². The van der Waals surface area contributed by atoms with Crippen molar-refractivity contribution < 1.29 is 9.59 Å². The summed E-state index contributed by atoms with van der Waals surface area (Å²) in [5, 5.41) is 5.83. The summed E-state index contributed by atoms with van der Waals surface area (Å²) < 4.78 is 0. The number of hydrogen-bond donors (Lipinski definition) is 3. The van der Waals surface area contributed by atoms with Crippen molar-refractivity contribution in [3.8, 4) is 0 Å². The fourth-order valence-electron chi connectivity index (χ4n) is 2.61. The molecule has 2 aromatic rings. The molecule has 0 saturated heterocycles. The van der Waals surface area contributed by atoms with Crippen molar-refractivity contribution in [1.29, 1.82) is 0 Å². The number of benzene rings is 2. The molecule has 1 aliphatic rings. The molecule has 0 aromatic heterocycles. The first-order chi connectivity index (χ1) is 12.0. The summed E-state index contributed by atoms with van der Waals surface area (Å²) in [7, 11) is 0. The molecule has 4 N–H and O–H groups in total. The van der Waals surface area contributed by atoms with Crippen LogP contribution in [0.15, 0.2) is 48.5 Å². The van der Waals surface area contributed by atoms with E-state index in [0.29, 0.717) is 17.3 Å². The highest BCUT2D eigenvalue weighted by atomic mass is 35.5. The van der Waals surface area contributed by atoms with Crippen LogP contribution in [0.5, 0.6) is 0 Å². The Labute approximate surface area is 159 Å². The maximum absolute atomic E-state index is 12.3. The average molecular weight is 374 g/mol. The lowest BCUT2D eigenvalue weighted by atomic mass is 10.0. The Bertz CT molecular complexity index is 776. The second-order valence-corrected chi connectivity index (χ2v) is 6.55.